The minimum absolute atomic E-state index is 0.0813. The number of carbonyl (C=O) groups is 1. The second-order valence-corrected chi connectivity index (χ2v) is 6.05. The van der Waals surface area contributed by atoms with Crippen molar-refractivity contribution in [2.45, 2.75) is 51.0 Å². The molecule has 1 aromatic rings. The average molecular weight is 262 g/mol. The first-order valence-electron chi connectivity index (χ1n) is 7.28. The van der Waals surface area contributed by atoms with Crippen LogP contribution in [0.1, 0.15) is 55.9 Å². The number of hydrogen-bond donors (Lipinski definition) is 2. The zero-order valence-corrected chi connectivity index (χ0v) is 11.3. The van der Waals surface area contributed by atoms with Crippen LogP contribution < -0.4 is 11.1 Å². The third kappa shape index (κ3) is 2.41. The summed E-state index contributed by atoms with van der Waals surface area (Å²) < 4.78 is 5.45. The fourth-order valence-corrected chi connectivity index (χ4v) is 3.35. The first kappa shape index (κ1) is 12.7. The van der Waals surface area contributed by atoms with Crippen LogP contribution in [0, 0.1) is 5.41 Å². The van der Waals surface area contributed by atoms with Crippen molar-refractivity contribution in [2.75, 3.05) is 6.54 Å². The summed E-state index contributed by atoms with van der Waals surface area (Å²) in [6.45, 7) is 0.627. The van der Waals surface area contributed by atoms with Gasteiger partial charge in [0, 0.05) is 18.4 Å². The lowest BCUT2D eigenvalue weighted by molar-refractivity contribution is -0.125. The highest BCUT2D eigenvalue weighted by atomic mass is 16.3. The largest absolute Gasteiger partial charge is 0.469 e. The maximum absolute atomic E-state index is 12.2. The second-order valence-electron chi connectivity index (χ2n) is 6.05. The highest BCUT2D eigenvalue weighted by Crippen LogP contribution is 2.43. The molecule has 0 aliphatic heterocycles. The van der Waals surface area contributed by atoms with E-state index in [0.717, 1.165) is 43.4 Å². The van der Waals surface area contributed by atoms with E-state index in [4.69, 9.17) is 10.2 Å². The lowest BCUT2D eigenvalue weighted by atomic mass is 9.66. The predicted molar refractivity (Wildman–Crippen MR) is 72.5 cm³/mol. The van der Waals surface area contributed by atoms with Gasteiger partial charge in [-0.25, -0.2) is 0 Å². The number of aryl methyl sites for hydroxylation is 1. The van der Waals surface area contributed by atoms with E-state index in [1.165, 1.54) is 6.42 Å². The fraction of sp³-hybridized carbons (Fsp3) is 0.667. The van der Waals surface area contributed by atoms with E-state index in [1.54, 1.807) is 6.26 Å². The second kappa shape index (κ2) is 5.00. The summed E-state index contributed by atoms with van der Waals surface area (Å²) in [5.74, 6) is 1.18. The Morgan fingerprint density at radius 3 is 3.00 bits per heavy atom. The molecule has 0 saturated heterocycles. The van der Waals surface area contributed by atoms with Crippen LogP contribution in [0.5, 0.6) is 0 Å². The Hall–Kier alpha value is -1.29. The summed E-state index contributed by atoms with van der Waals surface area (Å²) in [6.07, 6.45) is 8.77. The molecular formula is C15H22N2O2. The van der Waals surface area contributed by atoms with Crippen molar-refractivity contribution in [2.24, 2.45) is 11.1 Å². The topological polar surface area (TPSA) is 68.3 Å². The molecule has 104 valence electrons. The predicted octanol–water partition coefficient (Wildman–Crippen LogP) is 2.29. The molecule has 4 heteroatoms. The Morgan fingerprint density at radius 1 is 1.47 bits per heavy atom. The molecule has 1 heterocycles. The van der Waals surface area contributed by atoms with Gasteiger partial charge in [0.25, 0.3) is 0 Å². The van der Waals surface area contributed by atoms with Gasteiger partial charge in [-0.1, -0.05) is 6.42 Å². The fourth-order valence-electron chi connectivity index (χ4n) is 3.35. The molecule has 3 N–H and O–H groups in total. The van der Waals surface area contributed by atoms with Crippen LogP contribution in [0.2, 0.25) is 0 Å². The van der Waals surface area contributed by atoms with Crippen molar-refractivity contribution in [3.05, 3.63) is 23.7 Å². The van der Waals surface area contributed by atoms with E-state index in [0.29, 0.717) is 13.0 Å². The molecule has 1 amide bonds. The Labute approximate surface area is 113 Å². The zero-order chi connectivity index (χ0) is 13.3. The number of hydrogen-bond acceptors (Lipinski definition) is 3. The summed E-state index contributed by atoms with van der Waals surface area (Å²) in [7, 11) is 0. The molecule has 1 unspecified atom stereocenters. The standard InChI is InChI=1S/C15H22N2O2/c16-10-15(6-2-7-15)9-14(18)17-12-3-1-4-13-11(12)5-8-19-13/h5,8,12H,1-4,6-7,9-10,16H2,(H,17,18). The van der Waals surface area contributed by atoms with Crippen molar-refractivity contribution in [1.29, 1.82) is 0 Å². The number of nitrogens with one attached hydrogen (secondary N) is 1. The number of amides is 1. The maximum atomic E-state index is 12.2. The molecular weight excluding hydrogens is 240 g/mol. The quantitative estimate of drug-likeness (QED) is 0.874. The van der Waals surface area contributed by atoms with Gasteiger partial charge in [0.05, 0.1) is 12.3 Å². The number of rotatable bonds is 4. The Balaban J connectivity index is 1.62. The molecule has 1 saturated carbocycles. The van der Waals surface area contributed by atoms with Gasteiger partial charge in [-0.2, -0.15) is 0 Å². The molecule has 1 fully saturated rings. The highest BCUT2D eigenvalue weighted by Gasteiger charge is 2.38. The maximum Gasteiger partial charge on any atom is 0.221 e. The van der Waals surface area contributed by atoms with Gasteiger partial charge in [0.2, 0.25) is 5.91 Å². The minimum atomic E-state index is 0.0813. The van der Waals surface area contributed by atoms with E-state index in [-0.39, 0.29) is 17.4 Å². The van der Waals surface area contributed by atoms with E-state index >= 15 is 0 Å². The molecule has 1 aromatic heterocycles. The Bertz CT molecular complexity index is 457. The van der Waals surface area contributed by atoms with Crippen LogP contribution in [-0.4, -0.2) is 12.5 Å². The smallest absolute Gasteiger partial charge is 0.221 e. The van der Waals surface area contributed by atoms with Crippen LogP contribution in [-0.2, 0) is 11.2 Å². The number of fused-ring (bicyclic) bond motifs is 1. The Morgan fingerprint density at radius 2 is 2.32 bits per heavy atom. The van der Waals surface area contributed by atoms with Gasteiger partial charge in [0.1, 0.15) is 5.76 Å². The van der Waals surface area contributed by atoms with Crippen molar-refractivity contribution >= 4 is 5.91 Å². The molecule has 19 heavy (non-hydrogen) atoms. The molecule has 2 aliphatic rings. The lowest BCUT2D eigenvalue weighted by Crippen LogP contribution is -2.42. The van der Waals surface area contributed by atoms with Crippen molar-refractivity contribution in [3.8, 4) is 0 Å². The SMILES string of the molecule is NCC1(CC(=O)NC2CCCc3occc32)CCC1. The van der Waals surface area contributed by atoms with E-state index < -0.39 is 0 Å². The van der Waals surface area contributed by atoms with Crippen LogP contribution in [0.25, 0.3) is 0 Å². The highest BCUT2D eigenvalue weighted by molar-refractivity contribution is 5.77. The third-order valence-corrected chi connectivity index (χ3v) is 4.77. The summed E-state index contributed by atoms with van der Waals surface area (Å²) in [6, 6.07) is 2.12. The van der Waals surface area contributed by atoms with Crippen molar-refractivity contribution in [3.63, 3.8) is 0 Å². The van der Waals surface area contributed by atoms with Gasteiger partial charge < -0.3 is 15.5 Å². The third-order valence-electron chi connectivity index (χ3n) is 4.77. The molecule has 0 radical (unpaired) electrons. The minimum Gasteiger partial charge on any atom is -0.469 e. The molecule has 2 aliphatic carbocycles. The molecule has 1 atom stereocenters. The van der Waals surface area contributed by atoms with Crippen molar-refractivity contribution < 1.29 is 9.21 Å². The van der Waals surface area contributed by atoms with Gasteiger partial charge >= 0.3 is 0 Å². The molecule has 0 spiro atoms. The Kier molecular flexibility index (Phi) is 3.35. The zero-order valence-electron chi connectivity index (χ0n) is 11.3. The van der Waals surface area contributed by atoms with Crippen LogP contribution in [0.3, 0.4) is 0 Å². The summed E-state index contributed by atoms with van der Waals surface area (Å²) in [4.78, 5) is 12.2. The van der Waals surface area contributed by atoms with Crippen molar-refractivity contribution in [1.82, 2.24) is 5.32 Å². The first-order chi connectivity index (χ1) is 9.22. The molecule has 4 nitrogen and oxygen atoms in total. The summed E-state index contributed by atoms with van der Waals surface area (Å²) in [5.41, 5.74) is 7.06. The number of carbonyl (C=O) groups excluding carboxylic acids is 1. The molecule has 0 aromatic carbocycles. The van der Waals surface area contributed by atoms with E-state index in [2.05, 4.69) is 5.32 Å². The summed E-state index contributed by atoms with van der Waals surface area (Å²) in [5, 5.41) is 3.16. The van der Waals surface area contributed by atoms with E-state index in [9.17, 15) is 4.79 Å². The van der Waals surface area contributed by atoms with E-state index in [1.807, 2.05) is 6.07 Å². The number of furan rings is 1. The van der Waals surface area contributed by atoms with Crippen LogP contribution in [0.15, 0.2) is 16.7 Å². The van der Waals surface area contributed by atoms with Crippen LogP contribution >= 0.6 is 0 Å². The molecule has 0 bridgehead atoms. The summed E-state index contributed by atoms with van der Waals surface area (Å²) >= 11 is 0. The normalized spacial score (nSPS) is 24.4. The average Bonchev–Trinajstić information content (AvgIpc) is 2.83. The van der Waals surface area contributed by atoms with Gasteiger partial charge in [0.15, 0.2) is 0 Å². The van der Waals surface area contributed by atoms with Crippen LogP contribution in [0.4, 0.5) is 0 Å². The van der Waals surface area contributed by atoms with Gasteiger partial charge in [-0.05, 0) is 43.7 Å². The lowest BCUT2D eigenvalue weighted by Gasteiger charge is -2.40. The number of nitrogens with two attached hydrogens (primary N) is 1. The van der Waals surface area contributed by atoms with Gasteiger partial charge in [-0.15, -0.1) is 0 Å². The van der Waals surface area contributed by atoms with Gasteiger partial charge in [-0.3, -0.25) is 4.79 Å². The first-order valence-corrected chi connectivity index (χ1v) is 7.28. The monoisotopic (exact) mass is 262 g/mol. The molecule has 3 rings (SSSR count).